The van der Waals surface area contributed by atoms with Crippen LogP contribution in [0, 0.1) is 5.82 Å². The standard InChI is InChI=1S/C22H22FN5O2/c23-15-5-3-4-14(10-15)22-25-9-7-19(28-22)27-18-13-30-20-17(12-29-21(18)20)26-11-16-6-1-2-8-24-16/h1-10,17-18,20-21,26H,11-13H2,(H,25,27,28)/t17-,18-,20+,21+/m1/s1. The highest BCUT2D eigenvalue weighted by atomic mass is 19.1. The molecule has 0 spiro atoms. The fraction of sp³-hybridized carbons (Fsp3) is 0.318. The molecule has 0 radical (unpaired) electrons. The van der Waals surface area contributed by atoms with Crippen molar-refractivity contribution >= 4 is 5.82 Å². The van der Waals surface area contributed by atoms with Crippen LogP contribution in [-0.4, -0.2) is 52.5 Å². The first kappa shape index (κ1) is 19.0. The molecule has 3 aromatic rings. The van der Waals surface area contributed by atoms with E-state index in [1.165, 1.54) is 12.1 Å². The number of anilines is 1. The van der Waals surface area contributed by atoms with Crippen LogP contribution in [0.1, 0.15) is 5.69 Å². The van der Waals surface area contributed by atoms with Gasteiger partial charge in [0.1, 0.15) is 23.8 Å². The average molecular weight is 407 g/mol. The van der Waals surface area contributed by atoms with Crippen molar-refractivity contribution in [3.05, 3.63) is 72.4 Å². The minimum atomic E-state index is -0.315. The Kier molecular flexibility index (Phi) is 5.35. The fourth-order valence-electron chi connectivity index (χ4n) is 3.93. The van der Waals surface area contributed by atoms with E-state index in [0.29, 0.717) is 37.0 Å². The van der Waals surface area contributed by atoms with Crippen LogP contribution in [0.25, 0.3) is 11.4 Å². The summed E-state index contributed by atoms with van der Waals surface area (Å²) in [5, 5.41) is 6.88. The van der Waals surface area contributed by atoms with Gasteiger partial charge in [-0.15, -0.1) is 0 Å². The van der Waals surface area contributed by atoms with E-state index in [2.05, 4.69) is 25.6 Å². The minimum absolute atomic E-state index is 0.0214. The molecule has 2 aliphatic heterocycles. The van der Waals surface area contributed by atoms with Gasteiger partial charge in [-0.3, -0.25) is 4.98 Å². The van der Waals surface area contributed by atoms with Gasteiger partial charge in [-0.2, -0.15) is 0 Å². The molecule has 5 rings (SSSR count). The van der Waals surface area contributed by atoms with Crippen LogP contribution in [0.5, 0.6) is 0 Å². The summed E-state index contributed by atoms with van der Waals surface area (Å²) >= 11 is 0. The van der Waals surface area contributed by atoms with Gasteiger partial charge in [0.15, 0.2) is 5.82 Å². The van der Waals surface area contributed by atoms with Crippen LogP contribution in [0.3, 0.4) is 0 Å². The van der Waals surface area contributed by atoms with E-state index in [9.17, 15) is 4.39 Å². The number of hydrogen-bond donors (Lipinski definition) is 2. The highest BCUT2D eigenvalue weighted by Gasteiger charge is 2.47. The Morgan fingerprint density at radius 2 is 1.80 bits per heavy atom. The molecule has 2 N–H and O–H groups in total. The van der Waals surface area contributed by atoms with Crippen molar-refractivity contribution in [2.24, 2.45) is 0 Å². The van der Waals surface area contributed by atoms with Crippen molar-refractivity contribution in [1.82, 2.24) is 20.3 Å². The Labute approximate surface area is 173 Å². The molecular formula is C22H22FN5O2. The summed E-state index contributed by atoms with van der Waals surface area (Å²) in [7, 11) is 0. The van der Waals surface area contributed by atoms with Gasteiger partial charge in [0.25, 0.3) is 0 Å². The summed E-state index contributed by atoms with van der Waals surface area (Å²) in [4.78, 5) is 13.1. The molecule has 0 amide bonds. The maximum absolute atomic E-state index is 13.5. The molecule has 0 aliphatic carbocycles. The van der Waals surface area contributed by atoms with E-state index in [-0.39, 0.29) is 30.1 Å². The molecular weight excluding hydrogens is 385 g/mol. The van der Waals surface area contributed by atoms with Gasteiger partial charge in [-0.1, -0.05) is 18.2 Å². The second-order valence-electron chi connectivity index (χ2n) is 7.43. The zero-order valence-electron chi connectivity index (χ0n) is 16.2. The minimum Gasteiger partial charge on any atom is -0.371 e. The molecule has 2 aliphatic rings. The third-order valence-corrected chi connectivity index (χ3v) is 5.40. The molecule has 30 heavy (non-hydrogen) atoms. The van der Waals surface area contributed by atoms with Crippen molar-refractivity contribution in [3.63, 3.8) is 0 Å². The predicted molar refractivity (Wildman–Crippen MR) is 109 cm³/mol. The summed E-state index contributed by atoms with van der Waals surface area (Å²) in [6, 6.07) is 14.0. The number of hydrogen-bond acceptors (Lipinski definition) is 7. The number of pyridine rings is 1. The number of fused-ring (bicyclic) bond motifs is 1. The van der Waals surface area contributed by atoms with Crippen molar-refractivity contribution in [3.8, 4) is 11.4 Å². The maximum Gasteiger partial charge on any atom is 0.161 e. The lowest BCUT2D eigenvalue weighted by Gasteiger charge is -2.19. The zero-order valence-corrected chi connectivity index (χ0v) is 16.2. The predicted octanol–water partition coefficient (Wildman–Crippen LogP) is 2.41. The summed E-state index contributed by atoms with van der Waals surface area (Å²) in [6.07, 6.45) is 3.35. The lowest BCUT2D eigenvalue weighted by molar-refractivity contribution is 0.0674. The average Bonchev–Trinajstić information content (AvgIpc) is 3.36. The van der Waals surface area contributed by atoms with Gasteiger partial charge in [0.2, 0.25) is 0 Å². The Bertz CT molecular complexity index is 1010. The number of nitrogens with one attached hydrogen (secondary N) is 2. The molecule has 4 heterocycles. The van der Waals surface area contributed by atoms with Crippen LogP contribution < -0.4 is 10.6 Å². The highest BCUT2D eigenvalue weighted by Crippen LogP contribution is 2.29. The molecule has 154 valence electrons. The molecule has 4 atom stereocenters. The SMILES string of the molecule is Fc1cccc(-c2nccc(N[C@@H]3CO[C@@H]4[C@H]3OC[C@H]4NCc3ccccn3)n2)c1. The smallest absolute Gasteiger partial charge is 0.161 e. The van der Waals surface area contributed by atoms with Gasteiger partial charge < -0.3 is 20.1 Å². The second-order valence-corrected chi connectivity index (χ2v) is 7.43. The molecule has 2 fully saturated rings. The Morgan fingerprint density at radius 1 is 0.933 bits per heavy atom. The molecule has 2 saturated heterocycles. The van der Waals surface area contributed by atoms with E-state index in [0.717, 1.165) is 5.69 Å². The van der Waals surface area contributed by atoms with E-state index in [4.69, 9.17) is 9.47 Å². The molecule has 0 bridgehead atoms. The molecule has 7 nitrogen and oxygen atoms in total. The van der Waals surface area contributed by atoms with E-state index >= 15 is 0 Å². The van der Waals surface area contributed by atoms with Crippen molar-refractivity contribution in [2.75, 3.05) is 18.5 Å². The number of rotatable bonds is 6. The van der Waals surface area contributed by atoms with Gasteiger partial charge in [-0.05, 0) is 30.3 Å². The molecule has 0 unspecified atom stereocenters. The lowest BCUT2D eigenvalue weighted by Crippen LogP contribution is -2.41. The topological polar surface area (TPSA) is 81.2 Å². The summed E-state index contributed by atoms with van der Waals surface area (Å²) in [5.74, 6) is 0.814. The van der Waals surface area contributed by atoms with Gasteiger partial charge in [0, 0.05) is 24.5 Å². The lowest BCUT2D eigenvalue weighted by atomic mass is 10.1. The largest absolute Gasteiger partial charge is 0.371 e. The molecule has 0 saturated carbocycles. The van der Waals surface area contributed by atoms with Crippen LogP contribution >= 0.6 is 0 Å². The number of ether oxygens (including phenoxy) is 2. The first-order valence-electron chi connectivity index (χ1n) is 9.98. The maximum atomic E-state index is 13.5. The Hall–Kier alpha value is -2.94. The second kappa shape index (κ2) is 8.43. The Balaban J connectivity index is 1.23. The highest BCUT2D eigenvalue weighted by molar-refractivity contribution is 5.57. The summed E-state index contributed by atoms with van der Waals surface area (Å²) in [5.41, 5.74) is 1.62. The number of halogens is 1. The third-order valence-electron chi connectivity index (χ3n) is 5.40. The van der Waals surface area contributed by atoms with Crippen LogP contribution in [0.2, 0.25) is 0 Å². The first-order valence-corrected chi connectivity index (χ1v) is 9.98. The van der Waals surface area contributed by atoms with Crippen LogP contribution in [0.4, 0.5) is 10.2 Å². The number of aromatic nitrogens is 3. The van der Waals surface area contributed by atoms with Crippen LogP contribution in [-0.2, 0) is 16.0 Å². The third kappa shape index (κ3) is 4.02. The van der Waals surface area contributed by atoms with Crippen molar-refractivity contribution < 1.29 is 13.9 Å². The summed E-state index contributed by atoms with van der Waals surface area (Å²) in [6.45, 7) is 1.78. The van der Waals surface area contributed by atoms with E-state index in [1.54, 1.807) is 30.6 Å². The number of nitrogens with zero attached hydrogens (tertiary/aromatic N) is 3. The number of benzene rings is 1. The molecule has 1 aromatic carbocycles. The van der Waals surface area contributed by atoms with E-state index < -0.39 is 0 Å². The molecule has 2 aromatic heterocycles. The van der Waals surface area contributed by atoms with Gasteiger partial charge in [-0.25, -0.2) is 14.4 Å². The van der Waals surface area contributed by atoms with Gasteiger partial charge in [0.05, 0.1) is 31.0 Å². The normalized spacial score (nSPS) is 25.2. The van der Waals surface area contributed by atoms with Crippen LogP contribution in [0.15, 0.2) is 60.9 Å². The van der Waals surface area contributed by atoms with E-state index in [1.807, 2.05) is 18.2 Å². The Morgan fingerprint density at radius 3 is 2.63 bits per heavy atom. The zero-order chi connectivity index (χ0) is 20.3. The quantitative estimate of drug-likeness (QED) is 0.649. The first-order chi connectivity index (χ1) is 14.8. The fourth-order valence-corrected chi connectivity index (χ4v) is 3.93. The summed E-state index contributed by atoms with van der Waals surface area (Å²) < 4.78 is 25.6. The van der Waals surface area contributed by atoms with Gasteiger partial charge >= 0.3 is 0 Å². The van der Waals surface area contributed by atoms with Crippen molar-refractivity contribution in [2.45, 2.75) is 30.8 Å². The van der Waals surface area contributed by atoms with Crippen molar-refractivity contribution in [1.29, 1.82) is 0 Å². The monoisotopic (exact) mass is 407 g/mol. The molecule has 8 heteroatoms.